The van der Waals surface area contributed by atoms with Crippen molar-refractivity contribution < 1.29 is 37.0 Å². The predicted molar refractivity (Wildman–Crippen MR) is 105 cm³/mol. The predicted octanol–water partition coefficient (Wildman–Crippen LogP) is 3.39. The maximum absolute atomic E-state index is 12.1. The maximum Gasteiger partial charge on any atom is 0.411 e. The zero-order valence-corrected chi connectivity index (χ0v) is 17.0. The number of hydrogen-bond acceptors (Lipinski definition) is 5. The van der Waals surface area contributed by atoms with E-state index < -0.39 is 30.7 Å². The van der Waals surface area contributed by atoms with Crippen LogP contribution in [0.2, 0.25) is 0 Å². The van der Waals surface area contributed by atoms with E-state index in [9.17, 15) is 22.8 Å². The fourth-order valence-corrected chi connectivity index (χ4v) is 2.37. The molecule has 1 atom stereocenters. The summed E-state index contributed by atoms with van der Waals surface area (Å²) in [6.07, 6.45) is -5.28. The lowest BCUT2D eigenvalue weighted by molar-refractivity contribution is -0.176. The van der Waals surface area contributed by atoms with Crippen LogP contribution in [0.3, 0.4) is 0 Å². The number of hydrogen-bond donors (Lipinski definition) is 2. The Morgan fingerprint density at radius 2 is 1.58 bits per heavy atom. The summed E-state index contributed by atoms with van der Waals surface area (Å²) < 4.78 is 51.6. The van der Waals surface area contributed by atoms with Gasteiger partial charge in [-0.25, -0.2) is 0 Å². The van der Waals surface area contributed by atoms with Crippen molar-refractivity contribution in [1.29, 1.82) is 0 Å². The molecule has 0 heterocycles. The number of alkyl halides is 3. The number of carbonyl (C=O) groups excluding carboxylic acids is 2. The number of hydrazine groups is 1. The first-order valence-electron chi connectivity index (χ1n) is 9.41. The maximum atomic E-state index is 12.1. The Labute approximate surface area is 177 Å². The van der Waals surface area contributed by atoms with Crippen molar-refractivity contribution in [3.05, 3.63) is 59.7 Å². The van der Waals surface area contributed by atoms with Gasteiger partial charge in [0.25, 0.3) is 11.8 Å². The van der Waals surface area contributed by atoms with Gasteiger partial charge in [0.2, 0.25) is 0 Å². The summed E-state index contributed by atoms with van der Waals surface area (Å²) in [5.41, 5.74) is 5.20. The van der Waals surface area contributed by atoms with Gasteiger partial charge in [0.05, 0.1) is 13.2 Å². The Morgan fingerprint density at radius 1 is 0.968 bits per heavy atom. The summed E-state index contributed by atoms with van der Waals surface area (Å²) in [7, 11) is 0. The molecule has 31 heavy (non-hydrogen) atoms. The summed E-state index contributed by atoms with van der Waals surface area (Å²) in [5, 5.41) is 0. The number of amides is 2. The summed E-state index contributed by atoms with van der Waals surface area (Å²) >= 11 is 0. The van der Waals surface area contributed by atoms with Crippen LogP contribution in [0.4, 0.5) is 13.2 Å². The molecule has 0 radical (unpaired) electrons. The van der Waals surface area contributed by atoms with Gasteiger partial charge in [-0.3, -0.25) is 20.4 Å². The van der Waals surface area contributed by atoms with Crippen molar-refractivity contribution in [3.63, 3.8) is 0 Å². The van der Waals surface area contributed by atoms with E-state index in [2.05, 4.69) is 15.6 Å². The molecule has 2 rings (SSSR count). The average Bonchev–Trinajstić information content (AvgIpc) is 2.73. The number of nitrogens with one attached hydrogen (secondary N) is 2. The minimum atomic E-state index is -4.40. The van der Waals surface area contributed by atoms with Gasteiger partial charge in [-0.05, 0) is 55.8 Å². The van der Waals surface area contributed by atoms with Crippen LogP contribution in [0.15, 0.2) is 48.5 Å². The molecule has 2 N–H and O–H groups in total. The van der Waals surface area contributed by atoms with Crippen molar-refractivity contribution >= 4 is 11.8 Å². The lowest BCUT2D eigenvalue weighted by Gasteiger charge is -2.15. The molecule has 0 aliphatic heterocycles. The average molecular weight is 440 g/mol. The SMILES string of the molecule is CCOc1ccc(OC(C)C(=O)NNC(=O)c2ccc(COCC(F)(F)F)cc2)cc1. The number of benzene rings is 2. The summed E-state index contributed by atoms with van der Waals surface area (Å²) in [5.74, 6) is -0.0262. The monoisotopic (exact) mass is 440 g/mol. The second-order valence-corrected chi connectivity index (χ2v) is 6.41. The van der Waals surface area contributed by atoms with Gasteiger partial charge >= 0.3 is 6.18 Å². The minimum Gasteiger partial charge on any atom is -0.494 e. The van der Waals surface area contributed by atoms with E-state index in [4.69, 9.17) is 9.47 Å². The first-order valence-corrected chi connectivity index (χ1v) is 9.41. The largest absolute Gasteiger partial charge is 0.494 e. The lowest BCUT2D eigenvalue weighted by atomic mass is 10.1. The van der Waals surface area contributed by atoms with Crippen LogP contribution < -0.4 is 20.3 Å². The molecule has 0 spiro atoms. The number of carbonyl (C=O) groups is 2. The van der Waals surface area contributed by atoms with Crippen LogP contribution in [-0.2, 0) is 16.1 Å². The normalized spacial score (nSPS) is 12.0. The van der Waals surface area contributed by atoms with Crippen LogP contribution in [0.1, 0.15) is 29.8 Å². The number of halogens is 3. The molecule has 0 saturated carbocycles. The van der Waals surface area contributed by atoms with E-state index in [0.717, 1.165) is 0 Å². The highest BCUT2D eigenvalue weighted by molar-refractivity contribution is 5.95. The third kappa shape index (κ3) is 8.55. The lowest BCUT2D eigenvalue weighted by Crippen LogP contribution is -2.47. The highest BCUT2D eigenvalue weighted by Crippen LogP contribution is 2.19. The third-order valence-electron chi connectivity index (χ3n) is 3.87. The zero-order chi connectivity index (χ0) is 22.9. The van der Waals surface area contributed by atoms with Gasteiger partial charge in [-0.2, -0.15) is 13.2 Å². The van der Waals surface area contributed by atoms with E-state index in [1.807, 2.05) is 6.92 Å². The van der Waals surface area contributed by atoms with Crippen molar-refractivity contribution in [2.45, 2.75) is 32.7 Å². The van der Waals surface area contributed by atoms with E-state index >= 15 is 0 Å². The van der Waals surface area contributed by atoms with Crippen LogP contribution in [0, 0.1) is 0 Å². The van der Waals surface area contributed by atoms with Crippen LogP contribution >= 0.6 is 0 Å². The van der Waals surface area contributed by atoms with Crippen LogP contribution in [0.5, 0.6) is 11.5 Å². The van der Waals surface area contributed by atoms with Gasteiger partial charge in [0.1, 0.15) is 18.1 Å². The fraction of sp³-hybridized carbons (Fsp3) is 0.333. The van der Waals surface area contributed by atoms with E-state index in [1.54, 1.807) is 24.3 Å². The molecule has 0 aliphatic carbocycles. The molecule has 0 aromatic heterocycles. The fourth-order valence-electron chi connectivity index (χ4n) is 2.37. The van der Waals surface area contributed by atoms with Crippen LogP contribution in [-0.4, -0.2) is 37.3 Å². The van der Waals surface area contributed by atoms with Crippen molar-refractivity contribution in [1.82, 2.24) is 10.9 Å². The zero-order valence-electron chi connectivity index (χ0n) is 17.0. The van der Waals surface area contributed by atoms with Crippen LogP contribution in [0.25, 0.3) is 0 Å². The highest BCUT2D eigenvalue weighted by Gasteiger charge is 2.27. The van der Waals surface area contributed by atoms with Crippen molar-refractivity contribution in [2.75, 3.05) is 13.2 Å². The minimum absolute atomic E-state index is 0.208. The molecule has 0 saturated heterocycles. The van der Waals surface area contributed by atoms with Gasteiger partial charge in [0, 0.05) is 5.56 Å². The summed E-state index contributed by atoms with van der Waals surface area (Å²) in [6, 6.07) is 12.5. The molecule has 0 aliphatic rings. The highest BCUT2D eigenvalue weighted by atomic mass is 19.4. The van der Waals surface area contributed by atoms with Gasteiger partial charge < -0.3 is 14.2 Å². The number of rotatable bonds is 9. The summed E-state index contributed by atoms with van der Waals surface area (Å²) in [6.45, 7) is 2.34. The van der Waals surface area contributed by atoms with Gasteiger partial charge in [0.15, 0.2) is 6.10 Å². The summed E-state index contributed by atoms with van der Waals surface area (Å²) in [4.78, 5) is 24.2. The molecule has 2 amide bonds. The second-order valence-electron chi connectivity index (χ2n) is 6.41. The Hall–Kier alpha value is -3.27. The Bertz CT molecular complexity index is 855. The van der Waals surface area contributed by atoms with E-state index in [1.165, 1.54) is 31.2 Å². The van der Waals surface area contributed by atoms with Gasteiger partial charge in [-0.15, -0.1) is 0 Å². The topological polar surface area (TPSA) is 85.9 Å². The molecule has 2 aromatic rings. The smallest absolute Gasteiger partial charge is 0.411 e. The molecular formula is C21H23F3N2O5. The number of ether oxygens (including phenoxy) is 3. The second kappa shape index (κ2) is 11.2. The van der Waals surface area contributed by atoms with Gasteiger partial charge in [-0.1, -0.05) is 12.1 Å². The Morgan fingerprint density at radius 3 is 2.16 bits per heavy atom. The Balaban J connectivity index is 1.78. The quantitative estimate of drug-likeness (QED) is 0.584. The molecule has 168 valence electrons. The van der Waals surface area contributed by atoms with E-state index in [0.29, 0.717) is 23.7 Å². The molecule has 7 nitrogen and oxygen atoms in total. The molecule has 0 fully saturated rings. The molecule has 2 aromatic carbocycles. The Kier molecular flexibility index (Phi) is 8.68. The first kappa shape index (κ1) is 24.0. The standard InChI is InChI=1S/C21H23F3N2O5/c1-3-30-17-8-10-18(11-9-17)31-14(2)19(27)25-26-20(28)16-6-4-15(5-7-16)12-29-13-21(22,23)24/h4-11,14H,3,12-13H2,1-2H3,(H,25,27)(H,26,28). The van der Waals surface area contributed by atoms with Crippen molar-refractivity contribution in [2.24, 2.45) is 0 Å². The van der Waals surface area contributed by atoms with Crippen molar-refractivity contribution in [3.8, 4) is 11.5 Å². The first-order chi connectivity index (χ1) is 14.7. The molecule has 10 heteroatoms. The van der Waals surface area contributed by atoms with E-state index in [-0.39, 0.29) is 12.2 Å². The third-order valence-corrected chi connectivity index (χ3v) is 3.87. The molecular weight excluding hydrogens is 417 g/mol. The molecule has 0 bridgehead atoms. The molecule has 1 unspecified atom stereocenters.